The van der Waals surface area contributed by atoms with E-state index in [1.165, 1.54) is 63.4 Å². The van der Waals surface area contributed by atoms with E-state index < -0.39 is 0 Å². The number of rotatable bonds is 9. The lowest BCUT2D eigenvalue weighted by atomic mass is 9.90. The van der Waals surface area contributed by atoms with Crippen LogP contribution >= 0.6 is 11.6 Å². The molecule has 1 aromatic heterocycles. The van der Waals surface area contributed by atoms with Crippen LogP contribution in [0.5, 0.6) is 5.75 Å². The Hall–Kier alpha value is -1.61. The van der Waals surface area contributed by atoms with E-state index in [2.05, 4.69) is 16.9 Å². The van der Waals surface area contributed by atoms with Gasteiger partial charge >= 0.3 is 0 Å². The van der Waals surface area contributed by atoms with Crippen LogP contribution in [0.3, 0.4) is 0 Å². The van der Waals surface area contributed by atoms with Gasteiger partial charge in [-0.3, -0.25) is 0 Å². The van der Waals surface area contributed by atoms with Gasteiger partial charge in [-0.05, 0) is 55.4 Å². The Bertz CT molecular complexity index is 696. The van der Waals surface area contributed by atoms with Crippen LogP contribution in [0, 0.1) is 5.92 Å². The minimum absolute atomic E-state index is 0.635. The Morgan fingerprint density at radius 1 is 1.04 bits per heavy atom. The van der Waals surface area contributed by atoms with Crippen molar-refractivity contribution in [2.45, 2.75) is 71.1 Å². The van der Waals surface area contributed by atoms with Crippen LogP contribution in [-0.4, -0.2) is 16.6 Å². The van der Waals surface area contributed by atoms with Crippen molar-refractivity contribution in [2.24, 2.45) is 5.92 Å². The van der Waals surface area contributed by atoms with E-state index in [9.17, 15) is 0 Å². The van der Waals surface area contributed by atoms with Gasteiger partial charge in [-0.2, -0.15) is 0 Å². The minimum atomic E-state index is 0.635. The first-order chi connectivity index (χ1) is 13.3. The number of hydrogen-bond acceptors (Lipinski definition) is 3. The summed E-state index contributed by atoms with van der Waals surface area (Å²) in [6.45, 7) is 3.00. The normalized spacial score (nSPS) is 15.0. The van der Waals surface area contributed by atoms with Crippen LogP contribution in [0.1, 0.15) is 70.3 Å². The van der Waals surface area contributed by atoms with Gasteiger partial charge in [0.2, 0.25) is 0 Å². The molecule has 1 aromatic carbocycles. The second-order valence-electron chi connectivity index (χ2n) is 7.69. The molecule has 0 atom stereocenters. The summed E-state index contributed by atoms with van der Waals surface area (Å²) in [6, 6.07) is 5.86. The van der Waals surface area contributed by atoms with Gasteiger partial charge in [-0.25, -0.2) is 9.97 Å². The first-order valence-corrected chi connectivity index (χ1v) is 10.9. The summed E-state index contributed by atoms with van der Waals surface area (Å²) in [5, 5.41) is 0.635. The maximum Gasteiger partial charge on any atom is 0.159 e. The van der Waals surface area contributed by atoms with Gasteiger partial charge < -0.3 is 4.74 Å². The summed E-state index contributed by atoms with van der Waals surface area (Å²) < 4.78 is 5.98. The van der Waals surface area contributed by atoms with Gasteiger partial charge in [-0.15, -0.1) is 0 Å². The lowest BCUT2D eigenvalue weighted by Crippen LogP contribution is -2.15. The monoisotopic (exact) mass is 386 g/mol. The Labute approximate surface area is 168 Å². The topological polar surface area (TPSA) is 35.0 Å². The molecule has 1 fully saturated rings. The van der Waals surface area contributed by atoms with Crippen molar-refractivity contribution < 1.29 is 4.74 Å². The molecule has 0 radical (unpaired) electrons. The summed E-state index contributed by atoms with van der Waals surface area (Å²) in [5.41, 5.74) is 2.14. The maximum absolute atomic E-state index is 6.45. The van der Waals surface area contributed by atoms with Crippen molar-refractivity contribution >= 4 is 11.6 Å². The van der Waals surface area contributed by atoms with Crippen molar-refractivity contribution in [3.63, 3.8) is 0 Å². The van der Waals surface area contributed by atoms with E-state index in [1.54, 1.807) is 0 Å². The third-order valence-electron chi connectivity index (χ3n) is 5.41. The van der Waals surface area contributed by atoms with E-state index in [1.807, 2.05) is 30.6 Å². The van der Waals surface area contributed by atoms with E-state index in [4.69, 9.17) is 16.3 Å². The lowest BCUT2D eigenvalue weighted by Gasteiger charge is -2.22. The fourth-order valence-electron chi connectivity index (χ4n) is 3.71. The summed E-state index contributed by atoms with van der Waals surface area (Å²) in [5.74, 6) is 2.15. The fourth-order valence-corrected chi connectivity index (χ4v) is 3.94. The molecule has 0 aliphatic heterocycles. The second-order valence-corrected chi connectivity index (χ2v) is 8.09. The number of benzene rings is 1. The first-order valence-electron chi connectivity index (χ1n) is 10.5. The molecule has 2 aromatic rings. The third-order valence-corrected chi connectivity index (χ3v) is 5.71. The maximum atomic E-state index is 6.45. The molecule has 0 N–H and O–H groups in total. The Balaban J connectivity index is 1.56. The van der Waals surface area contributed by atoms with Gasteiger partial charge in [0, 0.05) is 18.0 Å². The lowest BCUT2D eigenvalue weighted by molar-refractivity contribution is 0.209. The second kappa shape index (κ2) is 10.7. The average Bonchev–Trinajstić information content (AvgIpc) is 2.71. The summed E-state index contributed by atoms with van der Waals surface area (Å²) in [4.78, 5) is 9.05. The standard InChI is InChI=1S/C23H31ClN2O/c1-2-3-4-6-11-19-15-25-23(26-16-19)20-12-13-22(21(24)14-20)27-17-18-9-7-5-8-10-18/h12-16,18H,2-11,17H2,1H3. The van der Waals surface area contributed by atoms with E-state index in [0.29, 0.717) is 16.8 Å². The molecule has 1 saturated carbocycles. The molecule has 3 nitrogen and oxygen atoms in total. The predicted octanol–water partition coefficient (Wildman–Crippen LogP) is 6.88. The minimum Gasteiger partial charge on any atom is -0.492 e. The molecule has 0 bridgehead atoms. The smallest absolute Gasteiger partial charge is 0.159 e. The molecule has 0 saturated heterocycles. The van der Waals surface area contributed by atoms with E-state index >= 15 is 0 Å². The van der Waals surface area contributed by atoms with E-state index in [0.717, 1.165) is 24.3 Å². The molecular weight excluding hydrogens is 356 g/mol. The van der Waals surface area contributed by atoms with E-state index in [-0.39, 0.29) is 0 Å². The number of aryl methyl sites for hydroxylation is 1. The van der Waals surface area contributed by atoms with Gasteiger partial charge in [-0.1, -0.05) is 57.0 Å². The number of hydrogen-bond donors (Lipinski definition) is 0. The SMILES string of the molecule is CCCCCCc1cnc(-c2ccc(OCC3CCCCC3)c(Cl)c2)nc1. The number of aromatic nitrogens is 2. The first kappa shape index (κ1) is 20.1. The summed E-state index contributed by atoms with van der Waals surface area (Å²) in [7, 11) is 0. The Morgan fingerprint density at radius 2 is 1.81 bits per heavy atom. The number of ether oxygens (including phenoxy) is 1. The van der Waals surface area contributed by atoms with Crippen LogP contribution in [0.4, 0.5) is 0 Å². The highest BCUT2D eigenvalue weighted by Crippen LogP contribution is 2.31. The largest absolute Gasteiger partial charge is 0.492 e. The van der Waals surface area contributed by atoms with Gasteiger partial charge in [0.25, 0.3) is 0 Å². The van der Waals surface area contributed by atoms with Crippen molar-refractivity contribution in [3.8, 4) is 17.1 Å². The predicted molar refractivity (Wildman–Crippen MR) is 112 cm³/mol. The third kappa shape index (κ3) is 6.21. The molecule has 146 valence electrons. The molecule has 1 aliphatic carbocycles. The zero-order chi connectivity index (χ0) is 18.9. The average molecular weight is 387 g/mol. The Kier molecular flexibility index (Phi) is 7.94. The highest BCUT2D eigenvalue weighted by atomic mass is 35.5. The molecule has 0 amide bonds. The molecular formula is C23H31ClN2O. The van der Waals surface area contributed by atoms with Crippen molar-refractivity contribution in [2.75, 3.05) is 6.61 Å². The van der Waals surface area contributed by atoms with Gasteiger partial charge in [0.05, 0.1) is 11.6 Å². The fraction of sp³-hybridized carbons (Fsp3) is 0.565. The number of unbranched alkanes of at least 4 members (excludes halogenated alkanes) is 3. The number of nitrogens with zero attached hydrogens (tertiary/aromatic N) is 2. The summed E-state index contributed by atoms with van der Waals surface area (Å²) in [6.07, 6.45) is 16.5. The van der Waals surface area contributed by atoms with Crippen molar-refractivity contribution in [3.05, 3.63) is 41.2 Å². The molecule has 1 aliphatic rings. The zero-order valence-electron chi connectivity index (χ0n) is 16.4. The molecule has 1 heterocycles. The van der Waals surface area contributed by atoms with Gasteiger partial charge in [0.15, 0.2) is 5.82 Å². The Morgan fingerprint density at radius 3 is 2.52 bits per heavy atom. The highest BCUT2D eigenvalue weighted by Gasteiger charge is 2.15. The molecule has 27 heavy (non-hydrogen) atoms. The molecule has 3 rings (SSSR count). The zero-order valence-corrected chi connectivity index (χ0v) is 17.2. The summed E-state index contributed by atoms with van der Waals surface area (Å²) >= 11 is 6.45. The molecule has 0 spiro atoms. The molecule has 4 heteroatoms. The van der Waals surface area contributed by atoms with Crippen LogP contribution in [0.15, 0.2) is 30.6 Å². The van der Waals surface area contributed by atoms with Crippen LogP contribution < -0.4 is 4.74 Å². The quantitative estimate of drug-likeness (QED) is 0.440. The highest BCUT2D eigenvalue weighted by molar-refractivity contribution is 6.32. The van der Waals surface area contributed by atoms with Crippen LogP contribution in [0.25, 0.3) is 11.4 Å². The van der Waals surface area contributed by atoms with Crippen LogP contribution in [0.2, 0.25) is 5.02 Å². The van der Waals surface area contributed by atoms with Crippen molar-refractivity contribution in [1.82, 2.24) is 9.97 Å². The van der Waals surface area contributed by atoms with Crippen LogP contribution in [-0.2, 0) is 6.42 Å². The molecule has 0 unspecified atom stereocenters. The van der Waals surface area contributed by atoms with Gasteiger partial charge in [0.1, 0.15) is 5.75 Å². The van der Waals surface area contributed by atoms with Crippen molar-refractivity contribution in [1.29, 1.82) is 0 Å². The number of halogens is 1.